The number of hydrogen-bond acceptors (Lipinski definition) is 4. The minimum atomic E-state index is -0.0529. The average Bonchev–Trinajstić information content (AvgIpc) is 2.39. The quantitative estimate of drug-likeness (QED) is 0.714. The molecule has 1 rings (SSSR count). The zero-order chi connectivity index (χ0) is 11.3. The van der Waals surface area contributed by atoms with Gasteiger partial charge in [-0.2, -0.15) is 0 Å². The fraction of sp³-hybridized carbons (Fsp3) is 1.00. The Balaban J connectivity index is 2.58. The smallest absolute Gasteiger partial charge is 0.0834 e. The monoisotopic (exact) mass is 217 g/mol. The molecule has 1 fully saturated rings. The lowest BCUT2D eigenvalue weighted by Gasteiger charge is -2.22. The number of nitrogens with two attached hydrogens (primary N) is 1. The van der Waals surface area contributed by atoms with E-state index < -0.39 is 0 Å². The fourth-order valence-electron chi connectivity index (χ4n) is 2.22. The van der Waals surface area contributed by atoms with Crippen molar-refractivity contribution in [3.8, 4) is 0 Å². The summed E-state index contributed by atoms with van der Waals surface area (Å²) in [5.41, 5.74) is 6.11. The molecule has 0 saturated carbocycles. The molecule has 0 aromatic carbocycles. The normalized spacial score (nSPS) is 37.6. The van der Waals surface area contributed by atoms with Gasteiger partial charge in [0.25, 0.3) is 0 Å². The second kappa shape index (κ2) is 6.43. The van der Waals surface area contributed by atoms with Gasteiger partial charge in [-0.15, -0.1) is 0 Å². The van der Waals surface area contributed by atoms with Crippen molar-refractivity contribution in [3.63, 3.8) is 0 Å². The van der Waals surface area contributed by atoms with E-state index in [1.165, 1.54) is 0 Å². The maximum atomic E-state index is 9.22. The molecule has 0 spiro atoms. The summed E-state index contributed by atoms with van der Waals surface area (Å²) in [6, 6.07) is 0.117. The molecule has 1 heterocycles. The first-order valence-electron chi connectivity index (χ1n) is 5.69. The summed E-state index contributed by atoms with van der Waals surface area (Å²) in [5, 5.41) is 9.22. The van der Waals surface area contributed by atoms with Gasteiger partial charge in [-0.05, 0) is 12.3 Å². The molecule has 4 unspecified atom stereocenters. The molecular formula is C11H23NO3. The highest BCUT2D eigenvalue weighted by atomic mass is 16.5. The van der Waals surface area contributed by atoms with Gasteiger partial charge < -0.3 is 20.3 Å². The number of ether oxygens (including phenoxy) is 2. The van der Waals surface area contributed by atoms with Gasteiger partial charge in [0.2, 0.25) is 0 Å². The zero-order valence-corrected chi connectivity index (χ0v) is 9.69. The predicted molar refractivity (Wildman–Crippen MR) is 58.6 cm³/mol. The summed E-state index contributed by atoms with van der Waals surface area (Å²) in [6.07, 6.45) is 1.86. The Labute approximate surface area is 91.7 Å². The van der Waals surface area contributed by atoms with E-state index in [9.17, 15) is 5.11 Å². The van der Waals surface area contributed by atoms with E-state index in [4.69, 9.17) is 15.2 Å². The van der Waals surface area contributed by atoms with E-state index in [0.29, 0.717) is 19.1 Å². The summed E-state index contributed by atoms with van der Waals surface area (Å²) >= 11 is 0. The van der Waals surface area contributed by atoms with Crippen molar-refractivity contribution in [1.29, 1.82) is 0 Å². The Morgan fingerprint density at radius 3 is 2.73 bits per heavy atom. The van der Waals surface area contributed by atoms with Crippen molar-refractivity contribution in [2.24, 2.45) is 17.6 Å². The van der Waals surface area contributed by atoms with Crippen LogP contribution in [0.4, 0.5) is 0 Å². The third-order valence-corrected chi connectivity index (χ3v) is 3.32. The molecule has 1 saturated heterocycles. The summed E-state index contributed by atoms with van der Waals surface area (Å²) in [4.78, 5) is 0. The number of aliphatic hydroxyl groups excluding tert-OH is 1. The third kappa shape index (κ3) is 3.41. The van der Waals surface area contributed by atoms with E-state index >= 15 is 0 Å². The van der Waals surface area contributed by atoms with Crippen LogP contribution in [0, 0.1) is 11.8 Å². The number of rotatable bonds is 4. The molecule has 1 aliphatic heterocycles. The molecule has 0 aromatic heterocycles. The minimum Gasteiger partial charge on any atom is -0.394 e. The van der Waals surface area contributed by atoms with Gasteiger partial charge in [0.15, 0.2) is 0 Å². The van der Waals surface area contributed by atoms with Gasteiger partial charge in [-0.1, -0.05) is 13.3 Å². The molecule has 90 valence electrons. The Morgan fingerprint density at radius 2 is 2.20 bits per heavy atom. The van der Waals surface area contributed by atoms with Gasteiger partial charge in [0, 0.05) is 19.1 Å². The van der Waals surface area contributed by atoms with Gasteiger partial charge in [0.1, 0.15) is 0 Å². The van der Waals surface area contributed by atoms with Crippen molar-refractivity contribution in [2.45, 2.75) is 31.9 Å². The molecule has 4 nitrogen and oxygen atoms in total. The van der Waals surface area contributed by atoms with Crippen LogP contribution in [0.1, 0.15) is 19.8 Å². The standard InChI is InChI=1S/C11H23NO3/c1-3-8-4-10(12)9(6-14-2)7-15-11(8)5-13/h8-11,13H,3-7,12H2,1-2H3. The van der Waals surface area contributed by atoms with Crippen LogP contribution >= 0.6 is 0 Å². The van der Waals surface area contributed by atoms with Crippen LogP contribution in [0.25, 0.3) is 0 Å². The minimum absolute atomic E-state index is 0.0529. The van der Waals surface area contributed by atoms with Crippen LogP contribution in [0.5, 0.6) is 0 Å². The molecule has 15 heavy (non-hydrogen) atoms. The van der Waals surface area contributed by atoms with Crippen LogP contribution in [-0.4, -0.2) is 44.2 Å². The van der Waals surface area contributed by atoms with Crippen molar-refractivity contribution in [3.05, 3.63) is 0 Å². The molecule has 3 N–H and O–H groups in total. The van der Waals surface area contributed by atoms with E-state index in [1.807, 2.05) is 0 Å². The van der Waals surface area contributed by atoms with Crippen molar-refractivity contribution >= 4 is 0 Å². The van der Waals surface area contributed by atoms with Crippen molar-refractivity contribution < 1.29 is 14.6 Å². The van der Waals surface area contributed by atoms with Crippen LogP contribution in [0.2, 0.25) is 0 Å². The molecule has 0 radical (unpaired) electrons. The highest BCUT2D eigenvalue weighted by Gasteiger charge is 2.31. The first-order valence-corrected chi connectivity index (χ1v) is 5.69. The summed E-state index contributed by atoms with van der Waals surface area (Å²) in [6.45, 7) is 3.43. The largest absolute Gasteiger partial charge is 0.394 e. The lowest BCUT2D eigenvalue weighted by molar-refractivity contribution is -0.0302. The van der Waals surface area contributed by atoms with Gasteiger partial charge in [0.05, 0.1) is 25.9 Å². The summed E-state index contributed by atoms with van der Waals surface area (Å²) in [7, 11) is 1.68. The molecule has 0 bridgehead atoms. The topological polar surface area (TPSA) is 64.7 Å². The highest BCUT2D eigenvalue weighted by molar-refractivity contribution is 4.83. The summed E-state index contributed by atoms with van der Waals surface area (Å²) < 4.78 is 10.8. The molecular weight excluding hydrogens is 194 g/mol. The van der Waals surface area contributed by atoms with Crippen LogP contribution < -0.4 is 5.73 Å². The maximum Gasteiger partial charge on any atom is 0.0834 e. The lowest BCUT2D eigenvalue weighted by Crippen LogP contribution is -2.35. The predicted octanol–water partition coefficient (Wildman–Crippen LogP) is 0.384. The Hall–Kier alpha value is -0.160. The molecule has 0 amide bonds. The van der Waals surface area contributed by atoms with Crippen molar-refractivity contribution in [1.82, 2.24) is 0 Å². The Bertz CT molecular complexity index is 177. The average molecular weight is 217 g/mol. The first kappa shape index (κ1) is 12.9. The van der Waals surface area contributed by atoms with Crippen LogP contribution in [0.3, 0.4) is 0 Å². The number of methoxy groups -OCH3 is 1. The second-order valence-corrected chi connectivity index (χ2v) is 4.34. The third-order valence-electron chi connectivity index (χ3n) is 3.32. The second-order valence-electron chi connectivity index (χ2n) is 4.34. The first-order chi connectivity index (χ1) is 7.22. The molecule has 0 aromatic rings. The number of hydrogen-bond donors (Lipinski definition) is 2. The van der Waals surface area contributed by atoms with Gasteiger partial charge >= 0.3 is 0 Å². The summed E-state index contributed by atoms with van der Waals surface area (Å²) in [5.74, 6) is 0.618. The SMILES string of the molecule is CCC1CC(N)C(COC)COC1CO. The van der Waals surface area contributed by atoms with E-state index in [1.54, 1.807) is 7.11 Å². The van der Waals surface area contributed by atoms with E-state index in [0.717, 1.165) is 12.8 Å². The maximum absolute atomic E-state index is 9.22. The molecule has 4 atom stereocenters. The fourth-order valence-corrected chi connectivity index (χ4v) is 2.22. The molecule has 0 aliphatic carbocycles. The molecule has 4 heteroatoms. The lowest BCUT2D eigenvalue weighted by atomic mass is 9.89. The molecule has 1 aliphatic rings. The Kier molecular flexibility index (Phi) is 5.53. The van der Waals surface area contributed by atoms with Gasteiger partial charge in [-0.3, -0.25) is 0 Å². The Morgan fingerprint density at radius 1 is 1.47 bits per heavy atom. The van der Waals surface area contributed by atoms with E-state index in [-0.39, 0.29) is 24.7 Å². The zero-order valence-electron chi connectivity index (χ0n) is 9.69. The van der Waals surface area contributed by atoms with Crippen LogP contribution in [-0.2, 0) is 9.47 Å². The van der Waals surface area contributed by atoms with E-state index in [2.05, 4.69) is 6.92 Å². The highest BCUT2D eigenvalue weighted by Crippen LogP contribution is 2.25. The van der Waals surface area contributed by atoms with Crippen LogP contribution in [0.15, 0.2) is 0 Å². The van der Waals surface area contributed by atoms with Crippen molar-refractivity contribution in [2.75, 3.05) is 26.9 Å². The number of aliphatic hydroxyl groups is 1. The van der Waals surface area contributed by atoms with Gasteiger partial charge in [-0.25, -0.2) is 0 Å².